The largest absolute Gasteiger partial charge is 0.508 e. The van der Waals surface area contributed by atoms with E-state index >= 15 is 0 Å². The Morgan fingerprint density at radius 1 is 1.37 bits per heavy atom. The van der Waals surface area contributed by atoms with Crippen LogP contribution in [0.25, 0.3) is 0 Å². The number of aromatic hydroxyl groups is 1. The van der Waals surface area contributed by atoms with Crippen LogP contribution < -0.4 is 10.1 Å². The minimum absolute atomic E-state index is 0.300. The molecule has 4 heteroatoms. The van der Waals surface area contributed by atoms with Crippen molar-refractivity contribution in [3.8, 4) is 11.5 Å². The van der Waals surface area contributed by atoms with Crippen LogP contribution in [0.4, 0.5) is 0 Å². The maximum Gasteiger partial charge on any atom is 0.120 e. The SMILES string of the molecule is CCC(NCc1cc(OC)ccc1O)c1cccs1. The van der Waals surface area contributed by atoms with Crippen molar-refractivity contribution < 1.29 is 9.84 Å². The van der Waals surface area contributed by atoms with Gasteiger partial charge in [0.2, 0.25) is 0 Å². The van der Waals surface area contributed by atoms with E-state index in [2.05, 4.69) is 29.8 Å². The number of nitrogens with one attached hydrogen (secondary N) is 1. The van der Waals surface area contributed by atoms with Crippen LogP contribution in [0.15, 0.2) is 35.7 Å². The molecule has 2 aromatic rings. The summed E-state index contributed by atoms with van der Waals surface area (Å²) >= 11 is 1.75. The molecule has 102 valence electrons. The number of ether oxygens (including phenoxy) is 1. The third-order valence-corrected chi connectivity index (χ3v) is 4.11. The fourth-order valence-corrected chi connectivity index (χ4v) is 2.88. The lowest BCUT2D eigenvalue weighted by atomic mass is 10.1. The van der Waals surface area contributed by atoms with Gasteiger partial charge in [-0.3, -0.25) is 0 Å². The van der Waals surface area contributed by atoms with Gasteiger partial charge in [-0.2, -0.15) is 0 Å². The average Bonchev–Trinajstić information content (AvgIpc) is 2.95. The van der Waals surface area contributed by atoms with E-state index in [0.717, 1.165) is 17.7 Å². The van der Waals surface area contributed by atoms with E-state index in [1.54, 1.807) is 30.6 Å². The second-order valence-corrected chi connectivity index (χ2v) is 5.33. The van der Waals surface area contributed by atoms with Gasteiger partial charge in [-0.1, -0.05) is 13.0 Å². The van der Waals surface area contributed by atoms with Gasteiger partial charge in [0, 0.05) is 23.0 Å². The molecule has 1 aromatic carbocycles. The van der Waals surface area contributed by atoms with E-state index in [0.29, 0.717) is 18.3 Å². The first kappa shape index (κ1) is 13.9. The van der Waals surface area contributed by atoms with Gasteiger partial charge >= 0.3 is 0 Å². The van der Waals surface area contributed by atoms with E-state index in [9.17, 15) is 5.11 Å². The van der Waals surface area contributed by atoms with Crippen LogP contribution in [0.5, 0.6) is 11.5 Å². The van der Waals surface area contributed by atoms with Crippen LogP contribution >= 0.6 is 11.3 Å². The molecule has 3 nitrogen and oxygen atoms in total. The first-order chi connectivity index (χ1) is 9.24. The number of phenolic OH excluding ortho intramolecular Hbond substituents is 1. The molecular formula is C15H19NO2S. The molecule has 0 aliphatic rings. The molecule has 0 fully saturated rings. The molecule has 0 saturated carbocycles. The molecule has 1 atom stereocenters. The smallest absolute Gasteiger partial charge is 0.120 e. The van der Waals surface area contributed by atoms with Crippen LogP contribution in [0, 0.1) is 0 Å². The third-order valence-electron chi connectivity index (χ3n) is 3.12. The highest BCUT2D eigenvalue weighted by molar-refractivity contribution is 7.10. The summed E-state index contributed by atoms with van der Waals surface area (Å²) < 4.78 is 5.18. The second-order valence-electron chi connectivity index (χ2n) is 4.35. The highest BCUT2D eigenvalue weighted by atomic mass is 32.1. The van der Waals surface area contributed by atoms with Crippen molar-refractivity contribution in [2.24, 2.45) is 0 Å². The average molecular weight is 277 g/mol. The van der Waals surface area contributed by atoms with Gasteiger partial charge in [0.1, 0.15) is 11.5 Å². The molecule has 0 aliphatic heterocycles. The highest BCUT2D eigenvalue weighted by Crippen LogP contribution is 2.25. The van der Waals surface area contributed by atoms with Crippen LogP contribution in [0.1, 0.15) is 29.8 Å². The minimum atomic E-state index is 0.300. The molecule has 0 radical (unpaired) electrons. The zero-order valence-electron chi connectivity index (χ0n) is 11.2. The Bertz CT molecular complexity index is 511. The monoisotopic (exact) mass is 277 g/mol. The molecule has 0 bridgehead atoms. The van der Waals surface area contributed by atoms with E-state index in [1.807, 2.05) is 6.07 Å². The maximum atomic E-state index is 9.85. The Hall–Kier alpha value is -1.52. The molecule has 2 rings (SSSR count). The van der Waals surface area contributed by atoms with Crippen LogP contribution in [0.3, 0.4) is 0 Å². The number of rotatable bonds is 6. The summed E-state index contributed by atoms with van der Waals surface area (Å²) in [4.78, 5) is 1.32. The Labute approximate surface area is 117 Å². The predicted molar refractivity (Wildman–Crippen MR) is 78.8 cm³/mol. The number of phenols is 1. The Morgan fingerprint density at radius 3 is 2.84 bits per heavy atom. The highest BCUT2D eigenvalue weighted by Gasteiger charge is 2.11. The molecule has 0 spiro atoms. The van der Waals surface area contributed by atoms with Crippen molar-refractivity contribution in [1.29, 1.82) is 0 Å². The van der Waals surface area contributed by atoms with Crippen molar-refractivity contribution in [2.45, 2.75) is 25.9 Å². The fraction of sp³-hybridized carbons (Fsp3) is 0.333. The quantitative estimate of drug-likeness (QED) is 0.846. The van der Waals surface area contributed by atoms with Crippen molar-refractivity contribution in [3.05, 3.63) is 46.2 Å². The zero-order chi connectivity index (χ0) is 13.7. The number of hydrogen-bond donors (Lipinski definition) is 2. The van der Waals surface area contributed by atoms with Crippen molar-refractivity contribution in [2.75, 3.05) is 7.11 Å². The van der Waals surface area contributed by atoms with Crippen LogP contribution in [0.2, 0.25) is 0 Å². The van der Waals surface area contributed by atoms with E-state index in [-0.39, 0.29) is 0 Å². The molecule has 1 heterocycles. The first-order valence-electron chi connectivity index (χ1n) is 6.37. The summed E-state index contributed by atoms with van der Waals surface area (Å²) in [5.74, 6) is 1.06. The maximum absolute atomic E-state index is 9.85. The zero-order valence-corrected chi connectivity index (χ0v) is 12.0. The lowest BCUT2D eigenvalue weighted by Crippen LogP contribution is -2.19. The normalized spacial score (nSPS) is 12.3. The molecule has 0 amide bonds. The number of thiophene rings is 1. The first-order valence-corrected chi connectivity index (χ1v) is 7.25. The Balaban J connectivity index is 2.05. The minimum Gasteiger partial charge on any atom is -0.508 e. The van der Waals surface area contributed by atoms with Gasteiger partial charge in [0.05, 0.1) is 7.11 Å². The van der Waals surface area contributed by atoms with Gasteiger partial charge < -0.3 is 15.2 Å². The lowest BCUT2D eigenvalue weighted by molar-refractivity contribution is 0.409. The molecule has 1 unspecified atom stereocenters. The summed E-state index contributed by atoms with van der Waals surface area (Å²) in [7, 11) is 1.63. The number of benzene rings is 1. The fourth-order valence-electron chi connectivity index (χ4n) is 2.00. The predicted octanol–water partition coefficient (Wildman–Crippen LogP) is 3.70. The molecule has 1 aromatic heterocycles. The van der Waals surface area contributed by atoms with E-state index in [1.165, 1.54) is 4.88 Å². The van der Waals surface area contributed by atoms with E-state index < -0.39 is 0 Å². The molecular weight excluding hydrogens is 258 g/mol. The summed E-state index contributed by atoms with van der Waals surface area (Å²) in [6, 6.07) is 9.82. The topological polar surface area (TPSA) is 41.5 Å². The summed E-state index contributed by atoms with van der Waals surface area (Å²) in [6.45, 7) is 2.78. The number of methoxy groups -OCH3 is 1. The molecule has 0 saturated heterocycles. The van der Waals surface area contributed by atoms with Crippen molar-refractivity contribution in [3.63, 3.8) is 0 Å². The van der Waals surface area contributed by atoms with Gasteiger partial charge in [-0.15, -0.1) is 11.3 Å². The summed E-state index contributed by atoms with van der Waals surface area (Å²) in [5, 5.41) is 15.4. The Kier molecular flexibility index (Phi) is 4.82. The van der Waals surface area contributed by atoms with Crippen LogP contribution in [-0.2, 0) is 6.54 Å². The van der Waals surface area contributed by atoms with Gasteiger partial charge in [0.25, 0.3) is 0 Å². The summed E-state index contributed by atoms with van der Waals surface area (Å²) in [5.41, 5.74) is 0.856. The van der Waals surface area contributed by atoms with Gasteiger partial charge in [0.15, 0.2) is 0 Å². The van der Waals surface area contributed by atoms with Crippen LogP contribution in [-0.4, -0.2) is 12.2 Å². The lowest BCUT2D eigenvalue weighted by Gasteiger charge is -2.16. The van der Waals surface area contributed by atoms with Crippen molar-refractivity contribution in [1.82, 2.24) is 5.32 Å². The molecule has 19 heavy (non-hydrogen) atoms. The van der Waals surface area contributed by atoms with Gasteiger partial charge in [-0.05, 0) is 36.1 Å². The number of hydrogen-bond acceptors (Lipinski definition) is 4. The standard InChI is InChI=1S/C15H19NO2S/c1-3-13(15-5-4-8-19-15)16-10-11-9-12(18-2)6-7-14(11)17/h4-9,13,16-17H,3,10H2,1-2H3. The molecule has 0 aliphatic carbocycles. The van der Waals surface area contributed by atoms with E-state index in [4.69, 9.17) is 4.74 Å². The molecule has 2 N–H and O–H groups in total. The van der Waals surface area contributed by atoms with Crippen molar-refractivity contribution >= 4 is 11.3 Å². The van der Waals surface area contributed by atoms with Gasteiger partial charge in [-0.25, -0.2) is 0 Å². The second kappa shape index (κ2) is 6.59. The third kappa shape index (κ3) is 3.49. The Morgan fingerprint density at radius 2 is 2.21 bits per heavy atom. The summed E-state index contributed by atoms with van der Waals surface area (Å²) in [6.07, 6.45) is 1.02.